The van der Waals surface area contributed by atoms with Gasteiger partial charge in [-0.2, -0.15) is 0 Å². The fraction of sp³-hybridized carbons (Fsp3) is 0.267. The van der Waals surface area contributed by atoms with Crippen molar-refractivity contribution in [2.24, 2.45) is 0 Å². The van der Waals surface area contributed by atoms with Crippen molar-refractivity contribution in [3.8, 4) is 5.75 Å². The Balaban J connectivity index is 2.43. The van der Waals surface area contributed by atoms with E-state index < -0.39 is 0 Å². The first-order valence-electron chi connectivity index (χ1n) is 5.79. The number of carbonyl (C=O) groups excluding carboxylic acids is 1. The highest BCUT2D eigenvalue weighted by molar-refractivity contribution is 6.07. The van der Waals surface area contributed by atoms with E-state index in [9.17, 15) is 4.79 Å². The third-order valence-corrected chi connectivity index (χ3v) is 2.89. The fourth-order valence-electron chi connectivity index (χ4n) is 2.10. The minimum absolute atomic E-state index is 0.100. The molecule has 0 aliphatic carbocycles. The molecule has 3 nitrogen and oxygen atoms in total. The van der Waals surface area contributed by atoms with Crippen LogP contribution in [0.4, 0.5) is 0 Å². The standard InChI is InChI=1S/C15H16O3/c1-9-7-12(8-10(2)15(9)17-4)14(16)13-6-5-11(3)18-13/h5-8H,1-4H3. The van der Waals surface area contributed by atoms with Crippen LogP contribution in [0.1, 0.15) is 33.0 Å². The molecule has 94 valence electrons. The summed E-state index contributed by atoms with van der Waals surface area (Å²) in [6.07, 6.45) is 0. The lowest BCUT2D eigenvalue weighted by Crippen LogP contribution is -2.02. The number of rotatable bonds is 3. The van der Waals surface area contributed by atoms with Crippen molar-refractivity contribution in [3.63, 3.8) is 0 Å². The van der Waals surface area contributed by atoms with Crippen molar-refractivity contribution >= 4 is 5.78 Å². The molecule has 0 saturated heterocycles. The van der Waals surface area contributed by atoms with E-state index in [-0.39, 0.29) is 5.78 Å². The minimum Gasteiger partial charge on any atom is -0.496 e. The molecule has 0 aliphatic heterocycles. The molecule has 0 amide bonds. The van der Waals surface area contributed by atoms with Crippen LogP contribution < -0.4 is 4.74 Å². The number of hydrogen-bond donors (Lipinski definition) is 0. The number of carbonyl (C=O) groups is 1. The first-order valence-corrected chi connectivity index (χ1v) is 5.79. The fourth-order valence-corrected chi connectivity index (χ4v) is 2.10. The Bertz CT molecular complexity index is 571. The van der Waals surface area contributed by atoms with Gasteiger partial charge in [0.1, 0.15) is 11.5 Å². The Morgan fingerprint density at radius 2 is 1.72 bits per heavy atom. The molecule has 18 heavy (non-hydrogen) atoms. The smallest absolute Gasteiger partial charge is 0.228 e. The van der Waals surface area contributed by atoms with E-state index in [1.54, 1.807) is 19.2 Å². The van der Waals surface area contributed by atoms with E-state index in [4.69, 9.17) is 9.15 Å². The van der Waals surface area contributed by atoms with Gasteiger partial charge in [0.25, 0.3) is 0 Å². The van der Waals surface area contributed by atoms with Gasteiger partial charge in [-0.15, -0.1) is 0 Å². The molecule has 3 heteroatoms. The molecule has 0 saturated carbocycles. The first kappa shape index (κ1) is 12.4. The lowest BCUT2D eigenvalue weighted by atomic mass is 10.0. The predicted octanol–water partition coefficient (Wildman–Crippen LogP) is 3.44. The van der Waals surface area contributed by atoms with Crippen LogP contribution in [0.3, 0.4) is 0 Å². The topological polar surface area (TPSA) is 39.4 Å². The van der Waals surface area contributed by atoms with Gasteiger partial charge in [0.05, 0.1) is 7.11 Å². The van der Waals surface area contributed by atoms with E-state index >= 15 is 0 Å². The molecular weight excluding hydrogens is 228 g/mol. The second-order valence-corrected chi connectivity index (χ2v) is 4.38. The lowest BCUT2D eigenvalue weighted by molar-refractivity contribution is 0.101. The Morgan fingerprint density at radius 1 is 1.11 bits per heavy atom. The van der Waals surface area contributed by atoms with Crippen molar-refractivity contribution in [1.82, 2.24) is 0 Å². The van der Waals surface area contributed by atoms with E-state index in [1.165, 1.54) is 0 Å². The summed E-state index contributed by atoms with van der Waals surface area (Å²) in [5.74, 6) is 1.83. The molecule has 0 fully saturated rings. The molecule has 0 unspecified atom stereocenters. The molecule has 0 bridgehead atoms. The molecule has 0 spiro atoms. The molecule has 0 radical (unpaired) electrons. The number of ketones is 1. The lowest BCUT2D eigenvalue weighted by Gasteiger charge is -2.10. The van der Waals surface area contributed by atoms with Crippen LogP contribution in [0.5, 0.6) is 5.75 Å². The molecule has 0 N–H and O–H groups in total. The van der Waals surface area contributed by atoms with Gasteiger partial charge in [-0.05, 0) is 56.2 Å². The number of ether oxygens (including phenoxy) is 1. The Kier molecular flexibility index (Phi) is 3.24. The Labute approximate surface area is 106 Å². The maximum atomic E-state index is 12.2. The second-order valence-electron chi connectivity index (χ2n) is 4.38. The van der Waals surface area contributed by atoms with E-state index in [1.807, 2.05) is 32.9 Å². The highest BCUT2D eigenvalue weighted by Gasteiger charge is 2.15. The van der Waals surface area contributed by atoms with Gasteiger partial charge in [-0.25, -0.2) is 0 Å². The zero-order chi connectivity index (χ0) is 13.3. The number of aryl methyl sites for hydroxylation is 3. The summed E-state index contributed by atoms with van der Waals surface area (Å²) in [6.45, 7) is 5.67. The summed E-state index contributed by atoms with van der Waals surface area (Å²) in [5, 5.41) is 0. The van der Waals surface area contributed by atoms with Gasteiger partial charge in [0, 0.05) is 5.56 Å². The molecular formula is C15H16O3. The molecule has 1 aromatic heterocycles. The van der Waals surface area contributed by atoms with Crippen LogP contribution in [-0.4, -0.2) is 12.9 Å². The summed E-state index contributed by atoms with van der Waals surface area (Å²) >= 11 is 0. The van der Waals surface area contributed by atoms with E-state index in [0.29, 0.717) is 11.3 Å². The molecule has 0 atom stereocenters. The molecule has 2 aromatic rings. The molecule has 0 aliphatic rings. The van der Waals surface area contributed by atoms with Crippen molar-refractivity contribution in [2.75, 3.05) is 7.11 Å². The highest BCUT2D eigenvalue weighted by atomic mass is 16.5. The first-order chi connectivity index (χ1) is 8.52. The van der Waals surface area contributed by atoms with Crippen molar-refractivity contribution in [1.29, 1.82) is 0 Å². The zero-order valence-corrected chi connectivity index (χ0v) is 11.0. The second kappa shape index (κ2) is 4.69. The van der Waals surface area contributed by atoms with E-state index in [0.717, 1.165) is 22.6 Å². The van der Waals surface area contributed by atoms with Crippen molar-refractivity contribution in [3.05, 3.63) is 52.5 Å². The van der Waals surface area contributed by atoms with Gasteiger partial charge in [-0.1, -0.05) is 0 Å². The SMILES string of the molecule is COc1c(C)cc(C(=O)c2ccc(C)o2)cc1C. The van der Waals surface area contributed by atoms with Crippen LogP contribution >= 0.6 is 0 Å². The predicted molar refractivity (Wildman–Crippen MR) is 69.3 cm³/mol. The average molecular weight is 244 g/mol. The number of furan rings is 1. The maximum absolute atomic E-state index is 12.2. The van der Waals surface area contributed by atoms with Gasteiger partial charge in [0.2, 0.25) is 5.78 Å². The quantitative estimate of drug-likeness (QED) is 0.776. The van der Waals surface area contributed by atoms with Gasteiger partial charge in [0.15, 0.2) is 5.76 Å². The Hall–Kier alpha value is -2.03. The van der Waals surface area contributed by atoms with Crippen LogP contribution in [-0.2, 0) is 0 Å². The summed E-state index contributed by atoms with van der Waals surface area (Å²) in [7, 11) is 1.63. The van der Waals surface area contributed by atoms with Crippen LogP contribution in [0.2, 0.25) is 0 Å². The third kappa shape index (κ3) is 2.16. The highest BCUT2D eigenvalue weighted by Crippen LogP contribution is 2.25. The summed E-state index contributed by atoms with van der Waals surface area (Å²) in [4.78, 5) is 12.2. The monoisotopic (exact) mass is 244 g/mol. The minimum atomic E-state index is -0.100. The van der Waals surface area contributed by atoms with Crippen LogP contribution in [0.25, 0.3) is 0 Å². The summed E-state index contributed by atoms with van der Waals surface area (Å²) < 4.78 is 10.6. The van der Waals surface area contributed by atoms with Gasteiger partial charge in [-0.3, -0.25) is 4.79 Å². The summed E-state index contributed by atoms with van der Waals surface area (Å²) in [5.41, 5.74) is 2.52. The van der Waals surface area contributed by atoms with E-state index in [2.05, 4.69) is 0 Å². The normalized spacial score (nSPS) is 10.4. The third-order valence-electron chi connectivity index (χ3n) is 2.89. The number of hydrogen-bond acceptors (Lipinski definition) is 3. The maximum Gasteiger partial charge on any atom is 0.228 e. The van der Waals surface area contributed by atoms with Gasteiger partial charge >= 0.3 is 0 Å². The molecule has 1 aromatic carbocycles. The number of methoxy groups -OCH3 is 1. The van der Waals surface area contributed by atoms with Gasteiger partial charge < -0.3 is 9.15 Å². The van der Waals surface area contributed by atoms with Crippen LogP contribution in [0.15, 0.2) is 28.7 Å². The summed E-state index contributed by atoms with van der Waals surface area (Å²) in [6, 6.07) is 7.14. The van der Waals surface area contributed by atoms with Crippen molar-refractivity contribution < 1.29 is 13.9 Å². The molecule has 1 heterocycles. The van der Waals surface area contributed by atoms with Crippen molar-refractivity contribution in [2.45, 2.75) is 20.8 Å². The zero-order valence-electron chi connectivity index (χ0n) is 11.0. The molecule has 2 rings (SSSR count). The average Bonchev–Trinajstić information content (AvgIpc) is 2.74. The largest absolute Gasteiger partial charge is 0.496 e. The van der Waals surface area contributed by atoms with Crippen LogP contribution in [0, 0.1) is 20.8 Å². The number of benzene rings is 1. The Morgan fingerprint density at radius 3 is 2.17 bits per heavy atom.